The lowest BCUT2D eigenvalue weighted by Crippen LogP contribution is -2.41. The van der Waals surface area contributed by atoms with Crippen LogP contribution in [-0.2, 0) is 27.2 Å². The molecule has 1 amide bonds. The largest absolute Gasteiger partial charge is 0.466 e. The quantitative estimate of drug-likeness (QED) is 0.792. The minimum absolute atomic E-state index is 0.0611. The van der Waals surface area contributed by atoms with Gasteiger partial charge in [0.15, 0.2) is 0 Å². The number of hydrogen-bond donors (Lipinski definition) is 1. The second-order valence-electron chi connectivity index (χ2n) is 8.78. The van der Waals surface area contributed by atoms with Crippen LogP contribution in [0.5, 0.6) is 0 Å². The normalized spacial score (nSPS) is 24.9. The first-order valence-electron chi connectivity index (χ1n) is 10.3. The number of amides is 1. The molecular formula is C20H32N4O4. The van der Waals surface area contributed by atoms with Crippen LogP contribution in [0.3, 0.4) is 0 Å². The molecule has 1 aromatic rings. The van der Waals surface area contributed by atoms with Gasteiger partial charge in [-0.3, -0.25) is 4.79 Å². The van der Waals surface area contributed by atoms with E-state index < -0.39 is 5.60 Å². The van der Waals surface area contributed by atoms with Crippen molar-refractivity contribution in [1.29, 1.82) is 0 Å². The third-order valence-electron chi connectivity index (χ3n) is 5.36. The van der Waals surface area contributed by atoms with Gasteiger partial charge in [-0.05, 0) is 53.4 Å². The molecule has 3 rings (SSSR count). The molecule has 0 aromatic carbocycles. The third kappa shape index (κ3) is 5.02. The molecule has 0 radical (unpaired) electrons. The molecule has 1 aromatic heterocycles. The van der Waals surface area contributed by atoms with Crippen LogP contribution in [0.25, 0.3) is 0 Å². The van der Waals surface area contributed by atoms with Crippen molar-refractivity contribution in [2.24, 2.45) is 5.92 Å². The van der Waals surface area contributed by atoms with Crippen molar-refractivity contribution in [1.82, 2.24) is 20.1 Å². The number of carbonyl (C=O) groups is 2. The topological polar surface area (TPSA) is 95.3 Å². The summed E-state index contributed by atoms with van der Waals surface area (Å²) in [5.41, 5.74) is -0.508. The molecular weight excluding hydrogens is 360 g/mol. The molecule has 1 aliphatic heterocycles. The first kappa shape index (κ1) is 20.6. The highest BCUT2D eigenvalue weighted by Gasteiger charge is 2.33. The van der Waals surface area contributed by atoms with E-state index in [-0.39, 0.29) is 29.9 Å². The molecule has 1 N–H and O–H groups in total. The Morgan fingerprint density at radius 3 is 2.71 bits per heavy atom. The van der Waals surface area contributed by atoms with Gasteiger partial charge in [0.25, 0.3) is 0 Å². The molecule has 1 unspecified atom stereocenters. The van der Waals surface area contributed by atoms with Gasteiger partial charge in [0.1, 0.15) is 17.2 Å². The third-order valence-corrected chi connectivity index (χ3v) is 5.36. The summed E-state index contributed by atoms with van der Waals surface area (Å²) in [6, 6.07) is 0.0611. The van der Waals surface area contributed by atoms with Crippen molar-refractivity contribution in [3.05, 3.63) is 11.6 Å². The minimum atomic E-state index is -0.508. The zero-order valence-electron chi connectivity index (χ0n) is 17.4. The monoisotopic (exact) mass is 392 g/mol. The van der Waals surface area contributed by atoms with E-state index in [0.29, 0.717) is 13.2 Å². The van der Waals surface area contributed by atoms with E-state index in [1.165, 1.54) is 0 Å². The molecule has 0 spiro atoms. The Balaban J connectivity index is 1.65. The van der Waals surface area contributed by atoms with Crippen LogP contribution in [0.2, 0.25) is 0 Å². The maximum atomic E-state index is 12.2. The van der Waals surface area contributed by atoms with Crippen molar-refractivity contribution in [2.75, 3.05) is 6.61 Å². The fraction of sp³-hybridized carbons (Fsp3) is 0.800. The number of esters is 1. The number of carbonyl (C=O) groups excluding carboxylic acids is 2. The summed E-state index contributed by atoms with van der Waals surface area (Å²) >= 11 is 0. The van der Waals surface area contributed by atoms with Crippen LogP contribution in [0.4, 0.5) is 4.79 Å². The number of rotatable bonds is 4. The summed E-state index contributed by atoms with van der Waals surface area (Å²) in [6.07, 6.45) is 4.88. The average molecular weight is 393 g/mol. The lowest BCUT2D eigenvalue weighted by Gasteiger charge is -2.31. The molecule has 0 saturated heterocycles. The number of nitrogens with one attached hydrogen (secondary N) is 1. The van der Waals surface area contributed by atoms with Crippen LogP contribution in [0.1, 0.15) is 77.4 Å². The van der Waals surface area contributed by atoms with Crippen molar-refractivity contribution < 1.29 is 19.1 Å². The van der Waals surface area contributed by atoms with Gasteiger partial charge in [-0.1, -0.05) is 6.42 Å². The number of aryl methyl sites for hydroxylation is 1. The molecule has 1 aliphatic carbocycles. The van der Waals surface area contributed by atoms with E-state index in [9.17, 15) is 9.59 Å². The summed E-state index contributed by atoms with van der Waals surface area (Å²) in [7, 11) is 0. The summed E-state index contributed by atoms with van der Waals surface area (Å²) in [5, 5.41) is 11.8. The molecule has 3 atom stereocenters. The van der Waals surface area contributed by atoms with Crippen LogP contribution < -0.4 is 5.32 Å². The first-order valence-corrected chi connectivity index (χ1v) is 10.3. The van der Waals surface area contributed by atoms with Gasteiger partial charge in [-0.25, -0.2) is 4.79 Å². The molecule has 156 valence electrons. The van der Waals surface area contributed by atoms with Crippen molar-refractivity contribution in [2.45, 2.75) is 90.3 Å². The van der Waals surface area contributed by atoms with E-state index in [0.717, 1.165) is 50.2 Å². The van der Waals surface area contributed by atoms with E-state index in [1.54, 1.807) is 0 Å². The Hall–Kier alpha value is -2.12. The highest BCUT2D eigenvalue weighted by Crippen LogP contribution is 2.34. The molecule has 2 aliphatic rings. The number of nitrogens with zero attached hydrogens (tertiary/aromatic N) is 3. The number of hydrogen-bond acceptors (Lipinski definition) is 6. The predicted octanol–water partition coefficient (Wildman–Crippen LogP) is 2.95. The molecule has 2 heterocycles. The number of alkyl carbamates (subject to hydrolysis) is 1. The van der Waals surface area contributed by atoms with Crippen LogP contribution in [0.15, 0.2) is 0 Å². The highest BCUT2D eigenvalue weighted by atomic mass is 16.6. The summed E-state index contributed by atoms with van der Waals surface area (Å²) in [4.78, 5) is 24.3. The first-order chi connectivity index (χ1) is 13.3. The summed E-state index contributed by atoms with van der Waals surface area (Å²) < 4.78 is 12.7. The van der Waals surface area contributed by atoms with Gasteiger partial charge in [-0.15, -0.1) is 10.2 Å². The zero-order chi connectivity index (χ0) is 20.3. The van der Waals surface area contributed by atoms with E-state index in [2.05, 4.69) is 20.1 Å². The Kier molecular flexibility index (Phi) is 6.25. The van der Waals surface area contributed by atoms with Crippen molar-refractivity contribution in [3.8, 4) is 0 Å². The average Bonchev–Trinajstić information content (AvgIpc) is 3.03. The van der Waals surface area contributed by atoms with Gasteiger partial charge >= 0.3 is 12.1 Å². The fourth-order valence-corrected chi connectivity index (χ4v) is 4.13. The van der Waals surface area contributed by atoms with Crippen molar-refractivity contribution >= 4 is 12.1 Å². The molecule has 1 fully saturated rings. The standard InChI is InChI=1S/C20H32N4O4/c1-5-27-18(25)14-9-10-16-22-23-17(24(16)12-14)13-7-6-8-15(11-13)21-19(26)28-20(2,3)4/h13-15H,5-12H2,1-4H3,(H,21,26)/t13-,14?,15+/m0/s1. The summed E-state index contributed by atoms with van der Waals surface area (Å²) in [5.74, 6) is 1.82. The number of ether oxygens (including phenoxy) is 2. The van der Waals surface area contributed by atoms with E-state index >= 15 is 0 Å². The Morgan fingerprint density at radius 1 is 1.21 bits per heavy atom. The Morgan fingerprint density at radius 2 is 2.00 bits per heavy atom. The Bertz CT molecular complexity index is 710. The fourth-order valence-electron chi connectivity index (χ4n) is 4.13. The highest BCUT2D eigenvalue weighted by molar-refractivity contribution is 5.72. The van der Waals surface area contributed by atoms with Gasteiger partial charge < -0.3 is 19.4 Å². The molecule has 0 bridgehead atoms. The van der Waals surface area contributed by atoms with Crippen molar-refractivity contribution in [3.63, 3.8) is 0 Å². The van der Waals surface area contributed by atoms with Gasteiger partial charge in [0.05, 0.1) is 12.5 Å². The smallest absolute Gasteiger partial charge is 0.407 e. The van der Waals surface area contributed by atoms with Crippen LogP contribution >= 0.6 is 0 Å². The van der Waals surface area contributed by atoms with E-state index in [1.807, 2.05) is 27.7 Å². The molecule has 1 saturated carbocycles. The molecule has 8 nitrogen and oxygen atoms in total. The lowest BCUT2D eigenvalue weighted by atomic mass is 9.85. The maximum absolute atomic E-state index is 12.2. The van der Waals surface area contributed by atoms with Gasteiger partial charge in [0, 0.05) is 24.9 Å². The van der Waals surface area contributed by atoms with Crippen LogP contribution in [-0.4, -0.2) is 45.1 Å². The minimum Gasteiger partial charge on any atom is -0.466 e. The van der Waals surface area contributed by atoms with Crippen LogP contribution in [0, 0.1) is 5.92 Å². The number of aromatic nitrogens is 3. The maximum Gasteiger partial charge on any atom is 0.407 e. The lowest BCUT2D eigenvalue weighted by molar-refractivity contribution is -0.149. The molecule has 8 heteroatoms. The SMILES string of the molecule is CCOC(=O)C1CCc2nnc([C@H]3CCC[C@@H](NC(=O)OC(C)(C)C)C3)n2C1. The summed E-state index contributed by atoms with van der Waals surface area (Å²) in [6.45, 7) is 8.39. The van der Waals surface area contributed by atoms with Gasteiger partial charge in [-0.2, -0.15) is 0 Å². The zero-order valence-corrected chi connectivity index (χ0v) is 17.4. The Labute approximate surface area is 166 Å². The predicted molar refractivity (Wildman–Crippen MR) is 103 cm³/mol. The van der Waals surface area contributed by atoms with Gasteiger partial charge in [0.2, 0.25) is 0 Å². The molecule has 28 heavy (non-hydrogen) atoms. The second kappa shape index (κ2) is 8.49. The van der Waals surface area contributed by atoms with E-state index in [4.69, 9.17) is 9.47 Å². The second-order valence-corrected chi connectivity index (χ2v) is 8.78. The number of fused-ring (bicyclic) bond motifs is 1.